The lowest BCUT2D eigenvalue weighted by Crippen LogP contribution is -2.45. The molecule has 2 aromatic rings. The molecule has 0 radical (unpaired) electrons. The van der Waals surface area contributed by atoms with E-state index < -0.39 is 32.2 Å². The molecule has 1 amide bonds. The molecule has 2 aromatic heterocycles. The Balaban J connectivity index is 1.80. The third-order valence-electron chi connectivity index (χ3n) is 9.43. The molecule has 2 heterocycles. The Bertz CT molecular complexity index is 1290. The average Bonchev–Trinajstić information content (AvgIpc) is 3.54. The SMILES string of the molecule is CCCCCCCCCCCCC/C=C/[C@@H](O)[C@H](COP(=O)(O)COC(C)Cn1cnc2c(N)ncnc21)NC(=O)CCCCCCCCCCC. The molecule has 13 heteroatoms. The Morgan fingerprint density at radius 3 is 2.04 bits per heavy atom. The van der Waals surface area contributed by atoms with E-state index in [9.17, 15) is 19.4 Å². The quantitative estimate of drug-likeness (QED) is 0.0313. The molecule has 0 aliphatic carbocycles. The number of carbonyl (C=O) groups excluding carboxylic acids is 1. The number of ether oxygens (including phenoxy) is 1. The highest BCUT2D eigenvalue weighted by molar-refractivity contribution is 7.52. The van der Waals surface area contributed by atoms with Gasteiger partial charge in [0.1, 0.15) is 18.2 Å². The van der Waals surface area contributed by atoms with Crippen LogP contribution in [-0.4, -0.2) is 66.6 Å². The molecule has 0 aliphatic rings. The van der Waals surface area contributed by atoms with Crippen molar-refractivity contribution in [3.8, 4) is 0 Å². The summed E-state index contributed by atoms with van der Waals surface area (Å²) < 4.78 is 25.8. The Morgan fingerprint density at radius 2 is 1.44 bits per heavy atom. The minimum Gasteiger partial charge on any atom is -0.387 e. The van der Waals surface area contributed by atoms with Crippen LogP contribution in [0.3, 0.4) is 0 Å². The highest BCUT2D eigenvalue weighted by atomic mass is 31.2. The van der Waals surface area contributed by atoms with Crippen LogP contribution in [0.1, 0.15) is 162 Å². The van der Waals surface area contributed by atoms with Gasteiger partial charge < -0.3 is 34.9 Å². The number of anilines is 1. The van der Waals surface area contributed by atoms with Crippen LogP contribution in [0, 0.1) is 0 Å². The number of nitrogens with one attached hydrogen (secondary N) is 1. The van der Waals surface area contributed by atoms with E-state index in [1.807, 2.05) is 6.08 Å². The van der Waals surface area contributed by atoms with Gasteiger partial charge in [-0.25, -0.2) is 15.0 Å². The van der Waals surface area contributed by atoms with Gasteiger partial charge in [-0.05, 0) is 26.2 Å². The molecule has 0 saturated heterocycles. The number of hydrogen-bond acceptors (Lipinski definition) is 9. The van der Waals surface area contributed by atoms with E-state index in [1.54, 1.807) is 23.9 Å². The third-order valence-corrected chi connectivity index (χ3v) is 10.5. The van der Waals surface area contributed by atoms with Crippen LogP contribution in [0.15, 0.2) is 24.8 Å². The zero-order valence-corrected chi connectivity index (χ0v) is 33.5. The van der Waals surface area contributed by atoms with Crippen LogP contribution in [0.25, 0.3) is 11.2 Å². The van der Waals surface area contributed by atoms with Gasteiger partial charge in [0, 0.05) is 6.42 Å². The largest absolute Gasteiger partial charge is 0.387 e. The first-order valence-electron chi connectivity index (χ1n) is 20.3. The van der Waals surface area contributed by atoms with E-state index in [1.165, 1.54) is 103 Å². The lowest BCUT2D eigenvalue weighted by atomic mass is 10.0. The number of amides is 1. The van der Waals surface area contributed by atoms with Gasteiger partial charge in [0.05, 0.1) is 37.7 Å². The van der Waals surface area contributed by atoms with E-state index in [0.717, 1.165) is 38.5 Å². The number of fused-ring (bicyclic) bond motifs is 1. The van der Waals surface area contributed by atoms with Crippen molar-refractivity contribution in [2.75, 3.05) is 18.7 Å². The van der Waals surface area contributed by atoms with E-state index >= 15 is 0 Å². The molecule has 298 valence electrons. The summed E-state index contributed by atoms with van der Waals surface area (Å²) in [4.78, 5) is 35.9. The predicted octanol–water partition coefficient (Wildman–Crippen LogP) is 9.00. The van der Waals surface area contributed by atoms with E-state index in [0.29, 0.717) is 24.1 Å². The number of unbranched alkanes of at least 4 members (excludes halogenated alkanes) is 19. The van der Waals surface area contributed by atoms with Crippen LogP contribution in [-0.2, 0) is 25.2 Å². The topological polar surface area (TPSA) is 175 Å². The Labute approximate surface area is 313 Å². The van der Waals surface area contributed by atoms with Crippen molar-refractivity contribution in [2.24, 2.45) is 0 Å². The van der Waals surface area contributed by atoms with Crippen LogP contribution >= 0.6 is 7.60 Å². The lowest BCUT2D eigenvalue weighted by molar-refractivity contribution is -0.122. The molecule has 2 rings (SSSR count). The molecule has 0 aliphatic heterocycles. The smallest absolute Gasteiger partial charge is 0.353 e. The zero-order valence-electron chi connectivity index (χ0n) is 32.6. The monoisotopic (exact) mass is 751 g/mol. The van der Waals surface area contributed by atoms with Crippen LogP contribution < -0.4 is 11.1 Å². The summed E-state index contributed by atoms with van der Waals surface area (Å²) in [7, 11) is -4.21. The predicted molar refractivity (Wildman–Crippen MR) is 211 cm³/mol. The minimum atomic E-state index is -4.21. The molecule has 0 spiro atoms. The normalized spacial score (nSPS) is 14.9. The van der Waals surface area contributed by atoms with Gasteiger partial charge in [-0.3, -0.25) is 9.36 Å². The van der Waals surface area contributed by atoms with Crippen molar-refractivity contribution >= 4 is 30.5 Å². The molecular weight excluding hydrogens is 679 g/mol. The van der Waals surface area contributed by atoms with Crippen LogP contribution in [0.5, 0.6) is 0 Å². The first kappa shape index (κ1) is 45.8. The fourth-order valence-corrected chi connectivity index (χ4v) is 7.13. The molecule has 52 heavy (non-hydrogen) atoms. The maximum absolute atomic E-state index is 13.0. The molecule has 4 atom stereocenters. The van der Waals surface area contributed by atoms with Gasteiger partial charge in [-0.15, -0.1) is 0 Å². The van der Waals surface area contributed by atoms with Gasteiger partial charge in [-0.2, -0.15) is 0 Å². The number of allylic oxidation sites excluding steroid dienone is 1. The summed E-state index contributed by atoms with van der Waals surface area (Å²) in [5, 5.41) is 13.9. The molecule has 0 bridgehead atoms. The number of hydrogen-bond donors (Lipinski definition) is 4. The van der Waals surface area contributed by atoms with E-state index in [-0.39, 0.29) is 18.3 Å². The lowest BCUT2D eigenvalue weighted by Gasteiger charge is -2.24. The van der Waals surface area contributed by atoms with Gasteiger partial charge in [-0.1, -0.05) is 142 Å². The zero-order chi connectivity index (χ0) is 37.9. The maximum Gasteiger partial charge on any atom is 0.353 e. The van der Waals surface area contributed by atoms with Crippen molar-refractivity contribution in [2.45, 2.75) is 187 Å². The van der Waals surface area contributed by atoms with Crippen LogP contribution in [0.4, 0.5) is 5.82 Å². The number of nitrogens with two attached hydrogens (primary N) is 1. The fourth-order valence-electron chi connectivity index (χ4n) is 6.21. The molecule has 0 fully saturated rings. The van der Waals surface area contributed by atoms with E-state index in [2.05, 4.69) is 34.1 Å². The van der Waals surface area contributed by atoms with Gasteiger partial charge >= 0.3 is 7.60 Å². The number of imidazole rings is 1. The Hall–Kier alpha value is -2.37. The van der Waals surface area contributed by atoms with Gasteiger partial charge in [0.25, 0.3) is 0 Å². The molecule has 0 saturated carbocycles. The first-order chi connectivity index (χ1) is 25.2. The molecule has 2 unspecified atom stereocenters. The number of aliphatic hydroxyl groups excluding tert-OH is 1. The summed E-state index contributed by atoms with van der Waals surface area (Å²) in [5.74, 6) is 0.0653. The number of carbonyl (C=O) groups is 1. The van der Waals surface area contributed by atoms with Crippen LogP contribution in [0.2, 0.25) is 0 Å². The number of nitrogen functional groups attached to an aromatic ring is 1. The van der Waals surface area contributed by atoms with Crippen molar-refractivity contribution in [3.05, 3.63) is 24.8 Å². The number of aliphatic hydroxyl groups is 1. The molecule has 0 aromatic carbocycles. The number of rotatable bonds is 33. The fraction of sp³-hybridized carbons (Fsp3) is 0.795. The van der Waals surface area contributed by atoms with Gasteiger partial charge in [0.2, 0.25) is 5.91 Å². The second-order valence-electron chi connectivity index (χ2n) is 14.4. The highest BCUT2D eigenvalue weighted by Gasteiger charge is 2.27. The van der Waals surface area contributed by atoms with Crippen molar-refractivity contribution < 1.29 is 28.6 Å². The standard InChI is InChI=1S/C39H71N6O6P/c1-4-6-8-10-12-14-15-16-17-19-20-22-24-26-35(46)34(44-36(47)27-25-23-21-18-13-11-9-7-5-2)29-51-52(48,49)32-50-33(3)28-45-31-43-37-38(40)41-30-42-39(37)45/h24,26,30-31,33-35,46H,4-23,25,27-29,32H2,1-3H3,(H,44,47)(H,48,49)(H2,40,41,42)/b26-24+/t33?,34-,35+/m0/s1. The third kappa shape index (κ3) is 20.8. The molecule has 12 nitrogen and oxygen atoms in total. The second kappa shape index (κ2) is 28.1. The summed E-state index contributed by atoms with van der Waals surface area (Å²) in [5.41, 5.74) is 6.88. The minimum absolute atomic E-state index is 0.205. The highest BCUT2D eigenvalue weighted by Crippen LogP contribution is 2.42. The number of nitrogens with zero attached hydrogens (tertiary/aromatic N) is 4. The summed E-state index contributed by atoms with van der Waals surface area (Å²) >= 11 is 0. The number of aromatic nitrogens is 4. The first-order valence-corrected chi connectivity index (χ1v) is 22.1. The van der Waals surface area contributed by atoms with E-state index in [4.69, 9.17) is 15.0 Å². The average molecular weight is 751 g/mol. The molecular formula is C39H71N6O6P. The molecule has 5 N–H and O–H groups in total. The Kier molecular flexibility index (Phi) is 24.8. The summed E-state index contributed by atoms with van der Waals surface area (Å²) in [6.45, 7) is 6.21. The van der Waals surface area contributed by atoms with Crippen molar-refractivity contribution in [1.82, 2.24) is 24.8 Å². The summed E-state index contributed by atoms with van der Waals surface area (Å²) in [6.07, 6.45) is 29.9. The van der Waals surface area contributed by atoms with Crippen molar-refractivity contribution in [1.29, 1.82) is 0 Å². The Morgan fingerprint density at radius 1 is 0.885 bits per heavy atom. The maximum atomic E-state index is 13.0. The second-order valence-corrected chi connectivity index (χ2v) is 16.2. The summed E-state index contributed by atoms with van der Waals surface area (Å²) in [6, 6.07) is -0.875. The van der Waals surface area contributed by atoms with Crippen molar-refractivity contribution in [3.63, 3.8) is 0 Å². The van der Waals surface area contributed by atoms with Gasteiger partial charge in [0.15, 0.2) is 11.5 Å².